The Morgan fingerprint density at radius 1 is 1.21 bits per heavy atom. The molecule has 1 aliphatic rings. The summed E-state index contributed by atoms with van der Waals surface area (Å²) < 4.78 is 0. The zero-order valence-corrected chi connectivity index (χ0v) is 17.1. The van der Waals surface area contributed by atoms with Crippen molar-refractivity contribution in [3.63, 3.8) is 0 Å². The van der Waals surface area contributed by atoms with Crippen LogP contribution < -0.4 is 9.80 Å². The van der Waals surface area contributed by atoms with E-state index < -0.39 is 0 Å². The SMILES string of the molecule is CCN(CCC#N)c1ccc(/C=N\N=C2/C(=O)N(CC)c3ccccc32)c(C)c1. The van der Waals surface area contributed by atoms with Crippen molar-refractivity contribution in [3.8, 4) is 6.07 Å². The van der Waals surface area contributed by atoms with E-state index >= 15 is 0 Å². The highest BCUT2D eigenvalue weighted by Crippen LogP contribution is 2.28. The summed E-state index contributed by atoms with van der Waals surface area (Å²) in [6, 6.07) is 15.9. The topological polar surface area (TPSA) is 72.1 Å². The van der Waals surface area contributed by atoms with E-state index in [0.717, 1.165) is 34.6 Å². The summed E-state index contributed by atoms with van der Waals surface area (Å²) >= 11 is 0. The molecule has 0 aromatic heterocycles. The summed E-state index contributed by atoms with van der Waals surface area (Å²) in [7, 11) is 0. The lowest BCUT2D eigenvalue weighted by Gasteiger charge is -2.22. The second-order valence-electron chi connectivity index (χ2n) is 6.79. The number of aryl methyl sites for hydroxylation is 1. The molecule has 0 fully saturated rings. The molecule has 0 unspecified atom stereocenters. The Bertz CT molecular complexity index is 1000. The lowest BCUT2D eigenvalue weighted by molar-refractivity contribution is -0.112. The van der Waals surface area contributed by atoms with Gasteiger partial charge in [0.1, 0.15) is 0 Å². The van der Waals surface area contributed by atoms with Gasteiger partial charge in [-0.25, -0.2) is 0 Å². The number of nitriles is 1. The first kappa shape index (κ1) is 20.3. The van der Waals surface area contributed by atoms with E-state index in [1.54, 1.807) is 11.1 Å². The quantitative estimate of drug-likeness (QED) is 0.534. The average molecular weight is 387 g/mol. The highest BCUT2D eigenvalue weighted by atomic mass is 16.2. The molecule has 2 aromatic rings. The molecule has 1 aliphatic heterocycles. The zero-order chi connectivity index (χ0) is 20.8. The minimum atomic E-state index is -0.117. The van der Waals surface area contributed by atoms with Crippen LogP contribution in [0.5, 0.6) is 0 Å². The van der Waals surface area contributed by atoms with Crippen LogP contribution >= 0.6 is 0 Å². The van der Waals surface area contributed by atoms with Gasteiger partial charge in [0.05, 0.1) is 24.4 Å². The number of hydrogen-bond donors (Lipinski definition) is 0. The molecular formula is C23H25N5O. The van der Waals surface area contributed by atoms with E-state index in [4.69, 9.17) is 5.26 Å². The fraction of sp³-hybridized carbons (Fsp3) is 0.304. The van der Waals surface area contributed by atoms with Gasteiger partial charge in [-0.05, 0) is 50.1 Å². The first-order valence-electron chi connectivity index (χ1n) is 9.85. The van der Waals surface area contributed by atoms with E-state index in [9.17, 15) is 4.79 Å². The van der Waals surface area contributed by atoms with Gasteiger partial charge in [-0.15, -0.1) is 5.10 Å². The second-order valence-corrected chi connectivity index (χ2v) is 6.79. The van der Waals surface area contributed by atoms with Crippen LogP contribution in [0.25, 0.3) is 0 Å². The van der Waals surface area contributed by atoms with Crippen molar-refractivity contribution in [2.24, 2.45) is 10.2 Å². The molecule has 6 heteroatoms. The third kappa shape index (κ3) is 4.19. The van der Waals surface area contributed by atoms with Gasteiger partial charge < -0.3 is 9.80 Å². The number of fused-ring (bicyclic) bond motifs is 1. The van der Waals surface area contributed by atoms with Crippen molar-refractivity contribution >= 4 is 29.2 Å². The van der Waals surface area contributed by atoms with Crippen LogP contribution in [0.4, 0.5) is 11.4 Å². The molecule has 0 radical (unpaired) electrons. The zero-order valence-electron chi connectivity index (χ0n) is 17.1. The number of likely N-dealkylation sites (N-methyl/N-ethyl adjacent to an activating group) is 1. The Hall–Kier alpha value is -3.46. The van der Waals surface area contributed by atoms with Gasteiger partial charge in [0.15, 0.2) is 5.71 Å². The van der Waals surface area contributed by atoms with Crippen LogP contribution in [-0.2, 0) is 4.79 Å². The van der Waals surface area contributed by atoms with E-state index in [1.807, 2.05) is 50.2 Å². The Kier molecular flexibility index (Phi) is 6.40. The third-order valence-corrected chi connectivity index (χ3v) is 5.06. The molecule has 2 aromatic carbocycles. The van der Waals surface area contributed by atoms with E-state index in [0.29, 0.717) is 25.2 Å². The van der Waals surface area contributed by atoms with Crippen molar-refractivity contribution in [3.05, 3.63) is 59.2 Å². The molecule has 6 nitrogen and oxygen atoms in total. The fourth-order valence-corrected chi connectivity index (χ4v) is 3.48. The van der Waals surface area contributed by atoms with Gasteiger partial charge in [-0.2, -0.15) is 10.4 Å². The number of rotatable bonds is 7. The molecule has 0 bridgehead atoms. The summed E-state index contributed by atoms with van der Waals surface area (Å²) in [4.78, 5) is 16.5. The summed E-state index contributed by atoms with van der Waals surface area (Å²) in [5.41, 5.74) is 5.17. The molecule has 148 valence electrons. The standard InChI is InChI=1S/C23H25N5O/c1-4-27(14-8-13-24)19-12-11-18(17(3)15-19)16-25-26-22-20-9-6-7-10-21(20)28(5-2)23(22)29/h6-7,9-12,15-16H,4-5,8,14H2,1-3H3/b25-16-,26-22-. The molecule has 0 spiro atoms. The number of anilines is 2. The number of carbonyl (C=O) groups is 1. The Labute approximate surface area is 171 Å². The molecule has 0 aliphatic carbocycles. The smallest absolute Gasteiger partial charge is 0.279 e. The summed E-state index contributed by atoms with van der Waals surface area (Å²) in [6.07, 6.45) is 2.18. The molecule has 29 heavy (non-hydrogen) atoms. The first-order chi connectivity index (χ1) is 14.1. The predicted molar refractivity (Wildman–Crippen MR) is 118 cm³/mol. The number of hydrogen-bond acceptors (Lipinski definition) is 5. The molecule has 3 rings (SSSR count). The van der Waals surface area contributed by atoms with Gasteiger partial charge in [0, 0.05) is 30.9 Å². The minimum absolute atomic E-state index is 0.117. The van der Waals surface area contributed by atoms with Gasteiger partial charge in [-0.3, -0.25) is 4.79 Å². The van der Waals surface area contributed by atoms with Crippen molar-refractivity contribution < 1.29 is 4.79 Å². The number of amides is 1. The summed E-state index contributed by atoms with van der Waals surface area (Å²) in [6.45, 7) is 8.20. The van der Waals surface area contributed by atoms with E-state index in [2.05, 4.69) is 34.2 Å². The monoisotopic (exact) mass is 387 g/mol. The van der Waals surface area contributed by atoms with Gasteiger partial charge in [-0.1, -0.05) is 24.3 Å². The predicted octanol–water partition coefficient (Wildman–Crippen LogP) is 3.92. The minimum Gasteiger partial charge on any atom is -0.371 e. The lowest BCUT2D eigenvalue weighted by atomic mass is 10.1. The molecule has 0 saturated heterocycles. The average Bonchev–Trinajstić information content (AvgIpc) is 3.01. The molecular weight excluding hydrogens is 362 g/mol. The van der Waals surface area contributed by atoms with Crippen LogP contribution in [0.3, 0.4) is 0 Å². The second kappa shape index (κ2) is 9.16. The van der Waals surface area contributed by atoms with Gasteiger partial charge >= 0.3 is 0 Å². The van der Waals surface area contributed by atoms with Crippen molar-refractivity contribution in [2.75, 3.05) is 29.4 Å². The number of benzene rings is 2. The largest absolute Gasteiger partial charge is 0.371 e. The van der Waals surface area contributed by atoms with Crippen molar-refractivity contribution in [1.29, 1.82) is 5.26 Å². The van der Waals surface area contributed by atoms with Crippen molar-refractivity contribution in [2.45, 2.75) is 27.2 Å². The molecule has 0 saturated carbocycles. The Morgan fingerprint density at radius 2 is 2.00 bits per heavy atom. The van der Waals surface area contributed by atoms with Crippen LogP contribution in [-0.4, -0.2) is 37.5 Å². The van der Waals surface area contributed by atoms with Crippen molar-refractivity contribution in [1.82, 2.24) is 0 Å². The van der Waals surface area contributed by atoms with Gasteiger partial charge in [0.2, 0.25) is 0 Å². The maximum absolute atomic E-state index is 12.6. The fourth-order valence-electron chi connectivity index (χ4n) is 3.48. The molecule has 1 amide bonds. The summed E-state index contributed by atoms with van der Waals surface area (Å²) in [5.74, 6) is -0.117. The van der Waals surface area contributed by atoms with Crippen LogP contribution in [0.15, 0.2) is 52.7 Å². The number of nitrogens with zero attached hydrogens (tertiary/aromatic N) is 5. The van der Waals surface area contributed by atoms with Crippen LogP contribution in [0, 0.1) is 18.3 Å². The Morgan fingerprint density at radius 3 is 2.69 bits per heavy atom. The molecule has 0 N–H and O–H groups in total. The number of para-hydroxylation sites is 1. The summed E-state index contributed by atoms with van der Waals surface area (Å²) in [5, 5.41) is 17.3. The highest BCUT2D eigenvalue weighted by molar-refractivity contribution is 6.54. The lowest BCUT2D eigenvalue weighted by Crippen LogP contribution is -2.29. The third-order valence-electron chi connectivity index (χ3n) is 5.06. The molecule has 0 atom stereocenters. The van der Waals surface area contributed by atoms with Gasteiger partial charge in [0.25, 0.3) is 5.91 Å². The Balaban J connectivity index is 1.82. The highest BCUT2D eigenvalue weighted by Gasteiger charge is 2.32. The first-order valence-corrected chi connectivity index (χ1v) is 9.85. The number of carbonyl (C=O) groups excluding carboxylic acids is 1. The maximum atomic E-state index is 12.6. The van der Waals surface area contributed by atoms with Crippen LogP contribution in [0.1, 0.15) is 37.0 Å². The van der Waals surface area contributed by atoms with Crippen LogP contribution in [0.2, 0.25) is 0 Å². The maximum Gasteiger partial charge on any atom is 0.279 e. The van der Waals surface area contributed by atoms with E-state index in [1.165, 1.54) is 0 Å². The molecule has 1 heterocycles. The van der Waals surface area contributed by atoms with E-state index in [-0.39, 0.29) is 5.91 Å². The normalized spacial score (nSPS) is 14.5.